The first-order valence-corrected chi connectivity index (χ1v) is 12.4. The van der Waals surface area contributed by atoms with Gasteiger partial charge in [0.15, 0.2) is 0 Å². The van der Waals surface area contributed by atoms with E-state index in [1.165, 1.54) is 62.9 Å². The van der Waals surface area contributed by atoms with Gasteiger partial charge in [-0.05, 0) is 88.9 Å². The van der Waals surface area contributed by atoms with Crippen LogP contribution in [0.25, 0.3) is 0 Å². The van der Waals surface area contributed by atoms with Crippen molar-refractivity contribution in [1.82, 2.24) is 4.90 Å². The number of benzene rings is 1. The minimum absolute atomic E-state index is 0.151. The fraction of sp³-hybridized carbons (Fsp3) is 0.643. The van der Waals surface area contributed by atoms with Gasteiger partial charge in [-0.25, -0.2) is 0 Å². The van der Waals surface area contributed by atoms with Gasteiger partial charge in [0.05, 0.1) is 6.10 Å². The van der Waals surface area contributed by atoms with Crippen LogP contribution in [0.5, 0.6) is 0 Å². The number of aliphatic hydroxyl groups is 1. The predicted molar refractivity (Wildman–Crippen MR) is 129 cm³/mol. The minimum atomic E-state index is -0.151. The van der Waals surface area contributed by atoms with Gasteiger partial charge >= 0.3 is 0 Å². The number of nitrogens with zero attached hydrogens (tertiary/aromatic N) is 1. The first kappa shape index (κ1) is 23.3. The SMILES string of the molecule is CCN(CC)CCCCCC1=C[C@H]2C[C@@H](O)[C@H](C=CCCc3cccc(C)c3)[C@H]2C1. The standard InChI is InChI=1S/C28H43NO/c1-4-29(5-2)17-10-6-7-14-24-19-25-21-28(30)26(27(25)20-24)16-9-8-13-23-15-11-12-22(3)18-23/h9,11-12,15-16,18-19,25-28,30H,4-8,10,13-14,17,20-21H2,1-3H3/t25-,26+,27-,28+/m0/s1. The Kier molecular flexibility index (Phi) is 9.21. The van der Waals surface area contributed by atoms with Crippen molar-refractivity contribution >= 4 is 0 Å². The van der Waals surface area contributed by atoms with Crippen molar-refractivity contribution in [2.45, 2.75) is 78.2 Å². The van der Waals surface area contributed by atoms with Crippen LogP contribution in [0, 0.1) is 24.7 Å². The summed E-state index contributed by atoms with van der Waals surface area (Å²) in [6, 6.07) is 8.80. The third kappa shape index (κ3) is 6.56. The Morgan fingerprint density at radius 1 is 1.10 bits per heavy atom. The number of rotatable bonds is 12. The minimum Gasteiger partial charge on any atom is -0.392 e. The maximum absolute atomic E-state index is 10.6. The molecule has 1 fully saturated rings. The lowest BCUT2D eigenvalue weighted by Crippen LogP contribution is -2.23. The van der Waals surface area contributed by atoms with Crippen LogP contribution in [0.3, 0.4) is 0 Å². The van der Waals surface area contributed by atoms with E-state index in [0.717, 1.165) is 19.3 Å². The van der Waals surface area contributed by atoms with Crippen molar-refractivity contribution in [1.29, 1.82) is 0 Å². The van der Waals surface area contributed by atoms with E-state index in [-0.39, 0.29) is 6.10 Å². The van der Waals surface area contributed by atoms with E-state index in [9.17, 15) is 5.11 Å². The van der Waals surface area contributed by atoms with Crippen LogP contribution < -0.4 is 0 Å². The number of unbranched alkanes of at least 4 members (excludes halogenated alkanes) is 2. The number of allylic oxidation sites excluding steroid dienone is 3. The largest absolute Gasteiger partial charge is 0.392 e. The zero-order valence-electron chi connectivity index (χ0n) is 19.5. The highest BCUT2D eigenvalue weighted by molar-refractivity contribution is 5.23. The molecule has 0 unspecified atom stereocenters. The van der Waals surface area contributed by atoms with Crippen molar-refractivity contribution in [2.75, 3.05) is 19.6 Å². The summed E-state index contributed by atoms with van der Waals surface area (Å²) in [5.74, 6) is 1.60. The number of aliphatic hydroxyl groups excluding tert-OH is 1. The predicted octanol–water partition coefficient (Wildman–Crippen LogP) is 6.33. The van der Waals surface area contributed by atoms with Gasteiger partial charge in [-0.3, -0.25) is 0 Å². The topological polar surface area (TPSA) is 23.5 Å². The quantitative estimate of drug-likeness (QED) is 0.322. The first-order valence-electron chi connectivity index (χ1n) is 12.4. The van der Waals surface area contributed by atoms with E-state index in [2.05, 4.69) is 68.2 Å². The lowest BCUT2D eigenvalue weighted by molar-refractivity contribution is 0.141. The van der Waals surface area contributed by atoms with Crippen LogP contribution in [-0.4, -0.2) is 35.7 Å². The molecule has 2 heteroatoms. The van der Waals surface area contributed by atoms with Gasteiger partial charge in [0.1, 0.15) is 0 Å². The van der Waals surface area contributed by atoms with Gasteiger partial charge in [0, 0.05) is 5.92 Å². The van der Waals surface area contributed by atoms with Crippen molar-refractivity contribution in [3.05, 3.63) is 59.2 Å². The summed E-state index contributed by atoms with van der Waals surface area (Å²) in [6.07, 6.45) is 16.6. The highest BCUT2D eigenvalue weighted by Crippen LogP contribution is 2.48. The van der Waals surface area contributed by atoms with E-state index in [1.54, 1.807) is 5.57 Å². The summed E-state index contributed by atoms with van der Waals surface area (Å²) in [6.45, 7) is 10.3. The normalized spacial score (nSPS) is 26.0. The smallest absolute Gasteiger partial charge is 0.0611 e. The molecule has 1 saturated carbocycles. The molecular formula is C28H43NO. The fourth-order valence-electron chi connectivity index (χ4n) is 5.57. The third-order valence-corrected chi connectivity index (χ3v) is 7.36. The van der Waals surface area contributed by atoms with Crippen molar-refractivity contribution in [3.8, 4) is 0 Å². The summed E-state index contributed by atoms with van der Waals surface area (Å²) in [7, 11) is 0. The summed E-state index contributed by atoms with van der Waals surface area (Å²) < 4.78 is 0. The molecule has 3 rings (SSSR count). The zero-order valence-corrected chi connectivity index (χ0v) is 19.5. The van der Waals surface area contributed by atoms with Gasteiger partial charge < -0.3 is 10.0 Å². The molecule has 1 aromatic carbocycles. The van der Waals surface area contributed by atoms with Crippen LogP contribution in [0.15, 0.2) is 48.1 Å². The Morgan fingerprint density at radius 3 is 2.70 bits per heavy atom. The Balaban J connectivity index is 1.39. The first-order chi connectivity index (χ1) is 14.6. The summed E-state index contributed by atoms with van der Waals surface area (Å²) in [5.41, 5.74) is 4.41. The molecule has 166 valence electrons. The zero-order chi connectivity index (χ0) is 21.3. The fourth-order valence-corrected chi connectivity index (χ4v) is 5.57. The monoisotopic (exact) mass is 409 g/mol. The molecule has 0 aliphatic heterocycles. The molecule has 0 heterocycles. The molecule has 1 aromatic rings. The van der Waals surface area contributed by atoms with Gasteiger partial charge in [-0.2, -0.15) is 0 Å². The second-order valence-electron chi connectivity index (χ2n) is 9.53. The average Bonchev–Trinajstić information content (AvgIpc) is 3.25. The number of aryl methyl sites for hydroxylation is 2. The molecule has 0 radical (unpaired) electrons. The molecule has 0 saturated heterocycles. The highest BCUT2D eigenvalue weighted by atomic mass is 16.3. The van der Waals surface area contributed by atoms with E-state index < -0.39 is 0 Å². The maximum atomic E-state index is 10.6. The van der Waals surface area contributed by atoms with Crippen molar-refractivity contribution in [3.63, 3.8) is 0 Å². The van der Waals surface area contributed by atoms with Gasteiger partial charge in [-0.1, -0.05) is 73.9 Å². The Labute approximate surface area is 185 Å². The molecule has 0 amide bonds. The molecule has 0 aromatic heterocycles. The molecule has 0 bridgehead atoms. The third-order valence-electron chi connectivity index (χ3n) is 7.36. The van der Waals surface area contributed by atoms with Crippen LogP contribution in [0.1, 0.15) is 69.9 Å². The summed E-state index contributed by atoms with van der Waals surface area (Å²) in [4.78, 5) is 2.52. The molecule has 2 aliphatic carbocycles. The molecule has 0 spiro atoms. The number of hydrogen-bond acceptors (Lipinski definition) is 2. The molecule has 2 aliphatic rings. The summed E-state index contributed by atoms with van der Waals surface area (Å²) in [5, 5.41) is 10.6. The maximum Gasteiger partial charge on any atom is 0.0611 e. The van der Waals surface area contributed by atoms with Crippen LogP contribution in [0.2, 0.25) is 0 Å². The average molecular weight is 410 g/mol. The Bertz CT molecular complexity index is 702. The van der Waals surface area contributed by atoms with Crippen LogP contribution in [-0.2, 0) is 6.42 Å². The summed E-state index contributed by atoms with van der Waals surface area (Å²) >= 11 is 0. The molecule has 1 N–H and O–H groups in total. The molecule has 4 atom stereocenters. The van der Waals surface area contributed by atoms with E-state index >= 15 is 0 Å². The van der Waals surface area contributed by atoms with Gasteiger partial charge in [-0.15, -0.1) is 0 Å². The van der Waals surface area contributed by atoms with Crippen molar-refractivity contribution in [2.24, 2.45) is 17.8 Å². The van der Waals surface area contributed by atoms with Crippen molar-refractivity contribution < 1.29 is 5.11 Å². The van der Waals surface area contributed by atoms with E-state index in [1.807, 2.05) is 0 Å². The number of hydrogen-bond donors (Lipinski definition) is 1. The molecular weight excluding hydrogens is 366 g/mol. The highest BCUT2D eigenvalue weighted by Gasteiger charge is 2.42. The molecule has 2 nitrogen and oxygen atoms in total. The Hall–Kier alpha value is -1.38. The van der Waals surface area contributed by atoms with E-state index in [0.29, 0.717) is 17.8 Å². The Morgan fingerprint density at radius 2 is 1.93 bits per heavy atom. The van der Waals surface area contributed by atoms with Crippen LogP contribution in [0.4, 0.5) is 0 Å². The van der Waals surface area contributed by atoms with Gasteiger partial charge in [0.2, 0.25) is 0 Å². The lowest BCUT2D eigenvalue weighted by atomic mass is 9.88. The van der Waals surface area contributed by atoms with Gasteiger partial charge in [0.25, 0.3) is 0 Å². The van der Waals surface area contributed by atoms with Crippen LogP contribution >= 0.6 is 0 Å². The second kappa shape index (κ2) is 11.9. The molecule has 30 heavy (non-hydrogen) atoms. The number of fused-ring (bicyclic) bond motifs is 1. The second-order valence-corrected chi connectivity index (χ2v) is 9.53. The van der Waals surface area contributed by atoms with E-state index in [4.69, 9.17) is 0 Å². The lowest BCUT2D eigenvalue weighted by Gasteiger charge is -2.19.